The Morgan fingerprint density at radius 3 is 2.33 bits per heavy atom. The summed E-state index contributed by atoms with van der Waals surface area (Å²) in [5.41, 5.74) is 6.00. The van der Waals surface area contributed by atoms with Gasteiger partial charge in [0.15, 0.2) is 0 Å². The number of carbonyl (C=O) groups is 1. The van der Waals surface area contributed by atoms with E-state index in [1.165, 1.54) is 38.8 Å². The summed E-state index contributed by atoms with van der Waals surface area (Å²) in [5, 5.41) is 3.30. The Balaban J connectivity index is 1.41. The Morgan fingerprint density at radius 1 is 0.952 bits per heavy atom. The van der Waals surface area contributed by atoms with Crippen LogP contribution >= 0.6 is 0 Å². The Labute approximate surface area is 128 Å². The zero-order valence-corrected chi connectivity index (χ0v) is 13.2. The molecule has 1 heterocycles. The van der Waals surface area contributed by atoms with Gasteiger partial charge >= 0.3 is 0 Å². The quantitative estimate of drug-likeness (QED) is 0.837. The van der Waals surface area contributed by atoms with Crippen LogP contribution in [-0.4, -0.2) is 42.0 Å². The van der Waals surface area contributed by atoms with Gasteiger partial charge in [0, 0.05) is 37.1 Å². The van der Waals surface area contributed by atoms with Crippen LogP contribution in [0.4, 0.5) is 0 Å². The smallest absolute Gasteiger partial charge is 0.223 e. The van der Waals surface area contributed by atoms with Gasteiger partial charge in [-0.1, -0.05) is 19.3 Å². The highest BCUT2D eigenvalue weighted by Crippen LogP contribution is 2.27. The molecule has 4 heteroatoms. The van der Waals surface area contributed by atoms with Crippen molar-refractivity contribution in [1.82, 2.24) is 10.2 Å². The zero-order chi connectivity index (χ0) is 14.7. The second kappa shape index (κ2) is 7.10. The first-order valence-electron chi connectivity index (χ1n) is 9.02. The fourth-order valence-electron chi connectivity index (χ4n) is 4.46. The highest BCUT2D eigenvalue weighted by Gasteiger charge is 2.30. The van der Waals surface area contributed by atoms with Gasteiger partial charge in [-0.2, -0.15) is 0 Å². The lowest BCUT2D eigenvalue weighted by atomic mass is 9.85. The highest BCUT2D eigenvalue weighted by atomic mass is 16.1. The van der Waals surface area contributed by atoms with Gasteiger partial charge in [-0.05, 0) is 44.9 Å². The summed E-state index contributed by atoms with van der Waals surface area (Å²) in [6, 6.07) is 1.46. The average Bonchev–Trinajstić information content (AvgIpc) is 3.02. The van der Waals surface area contributed by atoms with Crippen molar-refractivity contribution in [1.29, 1.82) is 0 Å². The molecule has 0 aromatic carbocycles. The summed E-state index contributed by atoms with van der Waals surface area (Å²) in [4.78, 5) is 15.0. The van der Waals surface area contributed by atoms with E-state index in [4.69, 9.17) is 5.73 Å². The Hall–Kier alpha value is -0.610. The van der Waals surface area contributed by atoms with Crippen molar-refractivity contribution in [2.45, 2.75) is 82.3 Å². The molecular weight excluding hydrogens is 262 g/mol. The molecule has 0 radical (unpaired) electrons. The number of nitrogens with two attached hydrogens (primary N) is 1. The summed E-state index contributed by atoms with van der Waals surface area (Å²) in [5.74, 6) is 0.436. The van der Waals surface area contributed by atoms with Gasteiger partial charge < -0.3 is 16.0 Å². The summed E-state index contributed by atoms with van der Waals surface area (Å²) >= 11 is 0. The maximum Gasteiger partial charge on any atom is 0.223 e. The molecule has 21 heavy (non-hydrogen) atoms. The minimum absolute atomic E-state index is 0.168. The van der Waals surface area contributed by atoms with Gasteiger partial charge in [0.1, 0.15) is 0 Å². The summed E-state index contributed by atoms with van der Waals surface area (Å²) < 4.78 is 0. The van der Waals surface area contributed by atoms with Gasteiger partial charge in [0.25, 0.3) is 0 Å². The summed E-state index contributed by atoms with van der Waals surface area (Å²) in [6.07, 6.45) is 11.9. The van der Waals surface area contributed by atoms with Crippen LogP contribution in [0.1, 0.15) is 64.2 Å². The van der Waals surface area contributed by atoms with Crippen molar-refractivity contribution in [3.8, 4) is 0 Å². The molecule has 2 unspecified atom stereocenters. The lowest BCUT2D eigenvalue weighted by Crippen LogP contribution is -2.49. The van der Waals surface area contributed by atoms with Crippen LogP contribution in [0.3, 0.4) is 0 Å². The van der Waals surface area contributed by atoms with Gasteiger partial charge in [-0.25, -0.2) is 0 Å². The molecule has 1 aliphatic heterocycles. The average molecular weight is 293 g/mol. The van der Waals surface area contributed by atoms with Gasteiger partial charge in [-0.3, -0.25) is 4.79 Å². The number of amides is 1. The van der Waals surface area contributed by atoms with E-state index in [1.807, 2.05) is 0 Å². The SMILES string of the molecule is NC1CCCC(C(=O)NC2CCN(C3CCCC3)CC2)C1. The normalized spacial score (nSPS) is 33.2. The molecule has 120 valence electrons. The standard InChI is InChI=1S/C17H31N3O/c18-14-5-3-4-13(12-14)17(21)19-15-8-10-20(11-9-15)16-6-1-2-7-16/h13-16H,1-12,18H2,(H,19,21). The van der Waals surface area contributed by atoms with E-state index in [1.54, 1.807) is 0 Å². The first-order valence-corrected chi connectivity index (χ1v) is 9.02. The zero-order valence-electron chi connectivity index (χ0n) is 13.2. The fourth-order valence-corrected chi connectivity index (χ4v) is 4.46. The molecule has 1 amide bonds. The summed E-state index contributed by atoms with van der Waals surface area (Å²) in [6.45, 7) is 2.33. The van der Waals surface area contributed by atoms with E-state index < -0.39 is 0 Å². The maximum atomic E-state index is 12.4. The monoisotopic (exact) mass is 293 g/mol. The van der Waals surface area contributed by atoms with Crippen LogP contribution in [-0.2, 0) is 4.79 Å². The van der Waals surface area contributed by atoms with Gasteiger partial charge in [0.05, 0.1) is 0 Å². The number of hydrogen-bond donors (Lipinski definition) is 2. The third-order valence-electron chi connectivity index (χ3n) is 5.80. The third-order valence-corrected chi connectivity index (χ3v) is 5.80. The number of hydrogen-bond acceptors (Lipinski definition) is 3. The highest BCUT2D eigenvalue weighted by molar-refractivity contribution is 5.79. The molecular formula is C17H31N3O. The molecule has 0 aromatic heterocycles. The maximum absolute atomic E-state index is 12.4. The number of nitrogens with zero attached hydrogens (tertiary/aromatic N) is 1. The molecule has 1 saturated heterocycles. The van der Waals surface area contributed by atoms with Gasteiger partial charge in [-0.15, -0.1) is 0 Å². The first kappa shape index (κ1) is 15.3. The van der Waals surface area contributed by atoms with Crippen molar-refractivity contribution in [3.05, 3.63) is 0 Å². The summed E-state index contributed by atoms with van der Waals surface area (Å²) in [7, 11) is 0. The largest absolute Gasteiger partial charge is 0.353 e. The molecule has 2 atom stereocenters. The molecule has 2 saturated carbocycles. The number of likely N-dealkylation sites (tertiary alicyclic amines) is 1. The molecule has 3 N–H and O–H groups in total. The van der Waals surface area contributed by atoms with E-state index in [9.17, 15) is 4.79 Å². The van der Waals surface area contributed by atoms with Crippen molar-refractivity contribution >= 4 is 5.91 Å². The van der Waals surface area contributed by atoms with Crippen LogP contribution < -0.4 is 11.1 Å². The lowest BCUT2D eigenvalue weighted by Gasteiger charge is -2.37. The first-order chi connectivity index (χ1) is 10.2. The van der Waals surface area contributed by atoms with Gasteiger partial charge in [0.2, 0.25) is 5.91 Å². The van der Waals surface area contributed by atoms with E-state index >= 15 is 0 Å². The number of nitrogens with one attached hydrogen (secondary N) is 1. The predicted molar refractivity (Wildman–Crippen MR) is 84.9 cm³/mol. The molecule has 3 rings (SSSR count). The number of carbonyl (C=O) groups excluding carboxylic acids is 1. The number of rotatable bonds is 3. The van der Waals surface area contributed by atoms with Crippen molar-refractivity contribution in [2.24, 2.45) is 11.7 Å². The molecule has 3 aliphatic rings. The second-order valence-electron chi connectivity index (χ2n) is 7.38. The Bertz CT molecular complexity index is 346. The number of piperidine rings is 1. The van der Waals surface area contributed by atoms with E-state index in [-0.39, 0.29) is 17.9 Å². The van der Waals surface area contributed by atoms with Crippen molar-refractivity contribution in [2.75, 3.05) is 13.1 Å². The Kier molecular flexibility index (Phi) is 5.17. The van der Waals surface area contributed by atoms with Crippen LogP contribution in [0.2, 0.25) is 0 Å². The third kappa shape index (κ3) is 3.98. The fraction of sp³-hybridized carbons (Fsp3) is 0.941. The Morgan fingerprint density at radius 2 is 1.67 bits per heavy atom. The molecule has 3 fully saturated rings. The second-order valence-corrected chi connectivity index (χ2v) is 7.38. The van der Waals surface area contributed by atoms with Crippen LogP contribution in [0, 0.1) is 5.92 Å². The van der Waals surface area contributed by atoms with Crippen molar-refractivity contribution in [3.63, 3.8) is 0 Å². The molecule has 0 spiro atoms. The van der Waals surface area contributed by atoms with Crippen LogP contribution in [0.15, 0.2) is 0 Å². The molecule has 2 aliphatic carbocycles. The molecule has 4 nitrogen and oxygen atoms in total. The minimum atomic E-state index is 0.168. The van der Waals surface area contributed by atoms with Crippen molar-refractivity contribution < 1.29 is 4.79 Å². The predicted octanol–water partition coefficient (Wildman–Crippen LogP) is 2.03. The van der Waals surface area contributed by atoms with E-state index in [2.05, 4.69) is 10.2 Å². The van der Waals surface area contributed by atoms with Crippen LogP contribution in [0.5, 0.6) is 0 Å². The topological polar surface area (TPSA) is 58.4 Å². The molecule has 0 aromatic rings. The molecule has 0 bridgehead atoms. The van der Waals surface area contributed by atoms with Crippen LogP contribution in [0.25, 0.3) is 0 Å². The lowest BCUT2D eigenvalue weighted by molar-refractivity contribution is -0.127. The van der Waals surface area contributed by atoms with E-state index in [0.717, 1.165) is 44.6 Å². The van der Waals surface area contributed by atoms with E-state index in [0.29, 0.717) is 6.04 Å². The minimum Gasteiger partial charge on any atom is -0.353 e.